The molecule has 7 heteroatoms. The van der Waals surface area contributed by atoms with E-state index in [1.165, 1.54) is 0 Å². The van der Waals surface area contributed by atoms with Gasteiger partial charge in [0.15, 0.2) is 9.52 Å². The summed E-state index contributed by atoms with van der Waals surface area (Å²) in [5.41, 5.74) is -7.98. The molecule has 0 rings (SSSR count). The van der Waals surface area contributed by atoms with Crippen LogP contribution in [0.25, 0.3) is 0 Å². The maximum absolute atomic E-state index is 11.9. The molecule has 0 N–H and O–H groups in total. The summed E-state index contributed by atoms with van der Waals surface area (Å²) in [5, 5.41) is 0. The van der Waals surface area contributed by atoms with Crippen molar-refractivity contribution in [1.82, 2.24) is 0 Å². The molecule has 0 aliphatic carbocycles. The third-order valence-corrected chi connectivity index (χ3v) is 2.32. The van der Waals surface area contributed by atoms with E-state index in [9.17, 15) is 26.3 Å². The Kier molecular flexibility index (Phi) is 3.40. The van der Waals surface area contributed by atoms with E-state index in [1.807, 2.05) is 0 Å². The fourth-order valence-corrected chi connectivity index (χ4v) is 1.42. The molecule has 0 aromatic heterocycles. The van der Waals surface area contributed by atoms with Gasteiger partial charge in [-0.3, -0.25) is 0 Å². The van der Waals surface area contributed by atoms with E-state index in [0.717, 1.165) is 0 Å². The van der Waals surface area contributed by atoms with Crippen molar-refractivity contribution in [3.8, 4) is 0 Å². The molecule has 68 valence electrons. The van der Waals surface area contributed by atoms with Gasteiger partial charge in [0.1, 0.15) is 13.3 Å². The van der Waals surface area contributed by atoms with Crippen molar-refractivity contribution in [2.45, 2.75) is 11.1 Å². The zero-order valence-corrected chi connectivity index (χ0v) is 6.80. The normalized spacial score (nSPS) is 13.6. The van der Waals surface area contributed by atoms with E-state index in [1.54, 1.807) is 0 Å². The van der Waals surface area contributed by atoms with Crippen molar-refractivity contribution in [3.63, 3.8) is 0 Å². The lowest BCUT2D eigenvalue weighted by Crippen LogP contribution is -2.42. The van der Waals surface area contributed by atoms with Gasteiger partial charge >= 0.3 is 0 Å². The maximum Gasteiger partial charge on any atom is 0.257 e. The van der Waals surface area contributed by atoms with Gasteiger partial charge in [-0.15, -0.1) is 0 Å². The molecule has 0 aromatic rings. The predicted octanol–water partition coefficient (Wildman–Crippen LogP) is 1.28. The van der Waals surface area contributed by atoms with Crippen LogP contribution in [0, 0.1) is 0 Å². The summed E-state index contributed by atoms with van der Waals surface area (Å²) in [6, 6.07) is 0. The zero-order chi connectivity index (χ0) is 9.12. The van der Waals surface area contributed by atoms with Gasteiger partial charge in [0.25, 0.3) is 11.1 Å². The standard InChI is InChI=1S/C4H6F6Si/c5-1-3(7,8)11-4(9,10)2-6/h1-2,11H2. The zero-order valence-electron chi connectivity index (χ0n) is 5.39. The molecule has 0 fully saturated rings. The van der Waals surface area contributed by atoms with E-state index in [4.69, 9.17) is 0 Å². The van der Waals surface area contributed by atoms with Crippen molar-refractivity contribution in [2.75, 3.05) is 13.3 Å². The van der Waals surface area contributed by atoms with Crippen LogP contribution >= 0.6 is 0 Å². The number of rotatable bonds is 4. The number of hydrogen-bond donors (Lipinski definition) is 0. The number of halogens is 6. The highest BCUT2D eigenvalue weighted by Gasteiger charge is 2.44. The van der Waals surface area contributed by atoms with Crippen LogP contribution < -0.4 is 0 Å². The average Bonchev–Trinajstić information content (AvgIpc) is 1.86. The largest absolute Gasteiger partial charge is 0.257 e. The molecule has 0 unspecified atom stereocenters. The summed E-state index contributed by atoms with van der Waals surface area (Å²) in [7, 11) is -3.35. The summed E-state index contributed by atoms with van der Waals surface area (Å²) >= 11 is 0. The molecule has 0 saturated heterocycles. The Labute approximate surface area is 61.4 Å². The molecule has 0 saturated carbocycles. The first kappa shape index (κ1) is 10.8. The molecule has 0 aromatic carbocycles. The van der Waals surface area contributed by atoms with Gasteiger partial charge < -0.3 is 0 Å². The lowest BCUT2D eigenvalue weighted by atomic mass is 10.8. The predicted molar refractivity (Wildman–Crippen MR) is 30.4 cm³/mol. The minimum atomic E-state index is -3.99. The number of alkyl halides is 6. The van der Waals surface area contributed by atoms with Crippen LogP contribution in [0.3, 0.4) is 0 Å². The van der Waals surface area contributed by atoms with E-state index in [-0.39, 0.29) is 0 Å². The molecular formula is C4H6F6Si. The van der Waals surface area contributed by atoms with Crippen molar-refractivity contribution >= 4 is 9.52 Å². The Morgan fingerprint density at radius 3 is 1.27 bits per heavy atom. The molecule has 0 heterocycles. The van der Waals surface area contributed by atoms with E-state index >= 15 is 0 Å². The fraction of sp³-hybridized carbons (Fsp3) is 1.00. The molecule has 0 atom stereocenters. The molecule has 0 nitrogen and oxygen atoms in total. The molecule has 0 amide bonds. The van der Waals surface area contributed by atoms with Crippen LogP contribution in [0.5, 0.6) is 0 Å². The van der Waals surface area contributed by atoms with Crippen LogP contribution in [0.15, 0.2) is 0 Å². The van der Waals surface area contributed by atoms with Gasteiger partial charge in [-0.25, -0.2) is 26.3 Å². The smallest absolute Gasteiger partial charge is 0.245 e. The second-order valence-corrected chi connectivity index (χ2v) is 4.58. The minimum absolute atomic E-state index is 2.13. The summed E-state index contributed by atoms with van der Waals surface area (Å²) in [6.07, 6.45) is 0. The van der Waals surface area contributed by atoms with Crippen LogP contribution in [-0.2, 0) is 0 Å². The molecule has 0 aliphatic heterocycles. The Balaban J connectivity index is 4.02. The minimum Gasteiger partial charge on any atom is -0.245 e. The highest BCUT2D eigenvalue weighted by atomic mass is 28.2. The van der Waals surface area contributed by atoms with Crippen LogP contribution in [0.2, 0.25) is 0 Å². The van der Waals surface area contributed by atoms with Gasteiger partial charge in [-0.2, -0.15) is 0 Å². The van der Waals surface area contributed by atoms with Gasteiger partial charge in [-0.05, 0) is 0 Å². The van der Waals surface area contributed by atoms with Crippen molar-refractivity contribution in [3.05, 3.63) is 0 Å². The van der Waals surface area contributed by atoms with Gasteiger partial charge in [0.2, 0.25) is 0 Å². The molecule has 0 bridgehead atoms. The van der Waals surface area contributed by atoms with Crippen molar-refractivity contribution in [1.29, 1.82) is 0 Å². The highest BCUT2D eigenvalue weighted by Crippen LogP contribution is 2.22. The third kappa shape index (κ3) is 4.28. The van der Waals surface area contributed by atoms with Gasteiger partial charge in [0, 0.05) is 0 Å². The number of hydrogen-bond acceptors (Lipinski definition) is 0. The molecule has 0 spiro atoms. The van der Waals surface area contributed by atoms with Crippen molar-refractivity contribution < 1.29 is 26.3 Å². The van der Waals surface area contributed by atoms with Crippen LogP contribution in [0.1, 0.15) is 0 Å². The topological polar surface area (TPSA) is 0 Å². The SMILES string of the molecule is FCC(F)(F)[SiH2]C(F)(F)CF. The summed E-state index contributed by atoms with van der Waals surface area (Å²) in [5.74, 6) is 0. The van der Waals surface area contributed by atoms with E-state index < -0.39 is 34.0 Å². The summed E-state index contributed by atoms with van der Waals surface area (Å²) in [6.45, 7) is -4.26. The quantitative estimate of drug-likeness (QED) is 0.469. The van der Waals surface area contributed by atoms with Crippen molar-refractivity contribution in [2.24, 2.45) is 0 Å². The second-order valence-electron chi connectivity index (χ2n) is 2.16. The lowest BCUT2D eigenvalue weighted by molar-refractivity contribution is 0.0132. The van der Waals surface area contributed by atoms with Gasteiger partial charge in [-0.1, -0.05) is 0 Å². The first-order chi connectivity index (χ1) is 4.83. The molecular weight excluding hydrogens is 190 g/mol. The van der Waals surface area contributed by atoms with E-state index in [2.05, 4.69) is 0 Å². The van der Waals surface area contributed by atoms with Crippen LogP contribution in [0.4, 0.5) is 26.3 Å². The molecule has 11 heavy (non-hydrogen) atoms. The first-order valence-corrected chi connectivity index (χ1v) is 4.12. The molecule has 0 aliphatic rings. The van der Waals surface area contributed by atoms with E-state index in [0.29, 0.717) is 0 Å². The summed E-state index contributed by atoms with van der Waals surface area (Å²) in [4.78, 5) is 0. The Hall–Kier alpha value is -0.203. The lowest BCUT2D eigenvalue weighted by Gasteiger charge is -2.17. The Morgan fingerprint density at radius 2 is 1.09 bits per heavy atom. The third-order valence-electron chi connectivity index (χ3n) is 0.908. The fourth-order valence-electron chi connectivity index (χ4n) is 0.473. The maximum atomic E-state index is 11.9. The Morgan fingerprint density at radius 1 is 0.818 bits per heavy atom. The molecule has 0 radical (unpaired) electrons. The highest BCUT2D eigenvalue weighted by molar-refractivity contribution is 6.42. The van der Waals surface area contributed by atoms with Gasteiger partial charge in [0.05, 0.1) is 0 Å². The first-order valence-electron chi connectivity index (χ1n) is 2.70. The Bertz CT molecular complexity index is 110. The second kappa shape index (κ2) is 3.46. The van der Waals surface area contributed by atoms with Crippen LogP contribution in [-0.4, -0.2) is 34.0 Å². The summed E-state index contributed by atoms with van der Waals surface area (Å²) < 4.78 is 70.0. The monoisotopic (exact) mass is 196 g/mol. The average molecular weight is 196 g/mol.